The SMILES string of the molecule is CCNC(Cc1ccc(F)cc1Cl)c1c(Cl)cccc1Cl. The van der Waals surface area contributed by atoms with E-state index in [2.05, 4.69) is 5.32 Å². The van der Waals surface area contributed by atoms with E-state index < -0.39 is 0 Å². The quantitative estimate of drug-likeness (QED) is 0.734. The lowest BCUT2D eigenvalue weighted by molar-refractivity contribution is 0.549. The number of benzene rings is 2. The Morgan fingerprint density at radius 1 is 1.05 bits per heavy atom. The molecule has 0 radical (unpaired) electrons. The third-order valence-corrected chi connectivity index (χ3v) is 4.25. The van der Waals surface area contributed by atoms with Crippen LogP contribution in [0.15, 0.2) is 36.4 Å². The monoisotopic (exact) mass is 345 g/mol. The zero-order valence-electron chi connectivity index (χ0n) is 11.5. The number of likely N-dealkylation sites (N-methyl/N-ethyl adjacent to an activating group) is 1. The van der Waals surface area contributed by atoms with Gasteiger partial charge in [0.1, 0.15) is 5.82 Å². The van der Waals surface area contributed by atoms with Crippen LogP contribution >= 0.6 is 34.8 Å². The van der Waals surface area contributed by atoms with Gasteiger partial charge in [-0.3, -0.25) is 0 Å². The fourth-order valence-electron chi connectivity index (χ4n) is 2.27. The van der Waals surface area contributed by atoms with Gasteiger partial charge in [0, 0.05) is 26.7 Å². The Labute approximate surface area is 139 Å². The van der Waals surface area contributed by atoms with Crippen molar-refractivity contribution in [2.75, 3.05) is 6.54 Å². The van der Waals surface area contributed by atoms with E-state index in [9.17, 15) is 4.39 Å². The van der Waals surface area contributed by atoms with Gasteiger partial charge in [-0.05, 0) is 42.8 Å². The van der Waals surface area contributed by atoms with Crippen LogP contribution in [0.3, 0.4) is 0 Å². The number of halogens is 4. The smallest absolute Gasteiger partial charge is 0.124 e. The Hall–Kier alpha value is -0.800. The summed E-state index contributed by atoms with van der Waals surface area (Å²) >= 11 is 18.7. The van der Waals surface area contributed by atoms with Gasteiger partial charge >= 0.3 is 0 Å². The Bertz CT molecular complexity index is 611. The maximum absolute atomic E-state index is 13.1. The molecule has 2 aromatic rings. The molecule has 1 unspecified atom stereocenters. The molecule has 21 heavy (non-hydrogen) atoms. The third-order valence-electron chi connectivity index (χ3n) is 3.24. The minimum absolute atomic E-state index is 0.0841. The van der Waals surface area contributed by atoms with Gasteiger partial charge in [0.05, 0.1) is 0 Å². The molecule has 0 aliphatic rings. The number of hydrogen-bond donors (Lipinski definition) is 1. The summed E-state index contributed by atoms with van der Waals surface area (Å²) in [6.45, 7) is 2.76. The van der Waals surface area contributed by atoms with Crippen LogP contribution in [0.5, 0.6) is 0 Å². The van der Waals surface area contributed by atoms with Crippen LogP contribution in [0, 0.1) is 5.82 Å². The third kappa shape index (κ3) is 4.10. The highest BCUT2D eigenvalue weighted by Crippen LogP contribution is 2.33. The van der Waals surface area contributed by atoms with Gasteiger partial charge in [0.25, 0.3) is 0 Å². The van der Waals surface area contributed by atoms with Gasteiger partial charge in [0.2, 0.25) is 0 Å². The van der Waals surface area contributed by atoms with Gasteiger partial charge in [-0.1, -0.05) is 53.9 Å². The molecular weight excluding hydrogens is 332 g/mol. The maximum atomic E-state index is 13.1. The molecule has 0 saturated heterocycles. The van der Waals surface area contributed by atoms with Crippen LogP contribution in [-0.2, 0) is 6.42 Å². The molecule has 1 nitrogen and oxygen atoms in total. The first-order chi connectivity index (χ1) is 10.0. The summed E-state index contributed by atoms with van der Waals surface area (Å²) in [6.07, 6.45) is 0.580. The molecule has 0 heterocycles. The van der Waals surface area contributed by atoms with Crippen molar-refractivity contribution in [2.24, 2.45) is 0 Å². The van der Waals surface area contributed by atoms with Crippen LogP contribution in [0.4, 0.5) is 4.39 Å². The number of hydrogen-bond acceptors (Lipinski definition) is 1. The van der Waals surface area contributed by atoms with Gasteiger partial charge in [-0.25, -0.2) is 4.39 Å². The molecule has 0 bridgehead atoms. The van der Waals surface area contributed by atoms with Crippen molar-refractivity contribution in [3.8, 4) is 0 Å². The lowest BCUT2D eigenvalue weighted by atomic mass is 9.98. The van der Waals surface area contributed by atoms with Crippen LogP contribution in [0.25, 0.3) is 0 Å². The highest BCUT2D eigenvalue weighted by atomic mass is 35.5. The molecule has 0 amide bonds. The van der Waals surface area contributed by atoms with Crippen LogP contribution < -0.4 is 5.32 Å². The summed E-state index contributed by atoms with van der Waals surface area (Å²) in [5.74, 6) is -0.348. The summed E-state index contributed by atoms with van der Waals surface area (Å²) in [7, 11) is 0. The van der Waals surface area contributed by atoms with E-state index in [0.29, 0.717) is 21.5 Å². The number of nitrogens with one attached hydrogen (secondary N) is 1. The van der Waals surface area contributed by atoms with Gasteiger partial charge in [0.15, 0.2) is 0 Å². The molecule has 1 N–H and O–H groups in total. The molecule has 1 atom stereocenters. The number of rotatable bonds is 5. The van der Waals surface area contributed by atoms with E-state index in [0.717, 1.165) is 17.7 Å². The van der Waals surface area contributed by atoms with E-state index in [1.165, 1.54) is 12.1 Å². The lowest BCUT2D eigenvalue weighted by Crippen LogP contribution is -2.23. The molecule has 0 spiro atoms. The molecule has 2 rings (SSSR count). The van der Waals surface area contributed by atoms with Gasteiger partial charge in [-0.2, -0.15) is 0 Å². The molecule has 0 aliphatic carbocycles. The van der Waals surface area contributed by atoms with Gasteiger partial charge in [-0.15, -0.1) is 0 Å². The molecule has 0 aliphatic heterocycles. The van der Waals surface area contributed by atoms with Crippen LogP contribution in [-0.4, -0.2) is 6.54 Å². The summed E-state index contributed by atoms with van der Waals surface area (Å²) in [4.78, 5) is 0. The predicted molar refractivity (Wildman–Crippen MR) is 88.0 cm³/mol. The van der Waals surface area contributed by atoms with Crippen molar-refractivity contribution in [3.05, 3.63) is 68.4 Å². The standard InChI is InChI=1S/C16H15Cl3FN/c1-2-21-15(16-12(17)4-3-5-13(16)18)8-10-6-7-11(20)9-14(10)19/h3-7,9,15,21H,2,8H2,1H3. The van der Waals surface area contributed by atoms with Crippen molar-refractivity contribution in [3.63, 3.8) is 0 Å². The van der Waals surface area contributed by atoms with E-state index in [1.54, 1.807) is 18.2 Å². The fraction of sp³-hybridized carbons (Fsp3) is 0.250. The van der Waals surface area contributed by atoms with Gasteiger partial charge < -0.3 is 5.32 Å². The van der Waals surface area contributed by atoms with E-state index in [-0.39, 0.29) is 11.9 Å². The average Bonchev–Trinajstić information content (AvgIpc) is 2.41. The molecular formula is C16H15Cl3FN. The highest BCUT2D eigenvalue weighted by Gasteiger charge is 2.19. The Balaban J connectivity index is 2.35. The first-order valence-corrected chi connectivity index (χ1v) is 7.77. The van der Waals surface area contributed by atoms with Crippen LogP contribution in [0.2, 0.25) is 15.1 Å². The second-order valence-corrected chi connectivity index (χ2v) is 5.91. The summed E-state index contributed by atoms with van der Waals surface area (Å²) in [5.41, 5.74) is 1.68. The normalized spacial score (nSPS) is 12.4. The minimum Gasteiger partial charge on any atom is -0.310 e. The molecule has 0 saturated carbocycles. The molecule has 2 aromatic carbocycles. The highest BCUT2D eigenvalue weighted by molar-refractivity contribution is 6.36. The first kappa shape index (κ1) is 16.6. The molecule has 5 heteroatoms. The molecule has 112 valence electrons. The Morgan fingerprint density at radius 2 is 1.71 bits per heavy atom. The summed E-state index contributed by atoms with van der Waals surface area (Å²) in [6, 6.07) is 9.74. The molecule has 0 aromatic heterocycles. The van der Waals surface area contributed by atoms with Crippen LogP contribution in [0.1, 0.15) is 24.1 Å². The van der Waals surface area contributed by atoms with Crippen molar-refractivity contribution in [2.45, 2.75) is 19.4 Å². The Kier molecular flexibility index (Phi) is 5.88. The lowest BCUT2D eigenvalue weighted by Gasteiger charge is -2.21. The van der Waals surface area contributed by atoms with Crippen molar-refractivity contribution >= 4 is 34.8 Å². The summed E-state index contributed by atoms with van der Waals surface area (Å²) < 4.78 is 13.1. The Morgan fingerprint density at radius 3 is 2.29 bits per heavy atom. The largest absolute Gasteiger partial charge is 0.310 e. The zero-order chi connectivity index (χ0) is 15.4. The summed E-state index contributed by atoms with van der Waals surface area (Å²) in [5, 5.41) is 4.96. The second-order valence-electron chi connectivity index (χ2n) is 4.69. The zero-order valence-corrected chi connectivity index (χ0v) is 13.7. The maximum Gasteiger partial charge on any atom is 0.124 e. The second kappa shape index (κ2) is 7.46. The average molecular weight is 347 g/mol. The topological polar surface area (TPSA) is 12.0 Å². The van der Waals surface area contributed by atoms with E-state index in [4.69, 9.17) is 34.8 Å². The molecule has 0 fully saturated rings. The van der Waals surface area contributed by atoms with E-state index in [1.807, 2.05) is 13.0 Å². The first-order valence-electron chi connectivity index (χ1n) is 6.64. The fourth-order valence-corrected chi connectivity index (χ4v) is 3.18. The van der Waals surface area contributed by atoms with E-state index >= 15 is 0 Å². The van der Waals surface area contributed by atoms with Crippen molar-refractivity contribution < 1.29 is 4.39 Å². The van der Waals surface area contributed by atoms with Crippen molar-refractivity contribution in [1.82, 2.24) is 5.32 Å². The minimum atomic E-state index is -0.348. The predicted octanol–water partition coefficient (Wildman–Crippen LogP) is 5.68. The van der Waals surface area contributed by atoms with Crippen molar-refractivity contribution in [1.29, 1.82) is 0 Å².